The fourth-order valence-electron chi connectivity index (χ4n) is 1.30. The Balaban J connectivity index is 2.23. The fraction of sp³-hybridized carbons (Fsp3) is 0.222. The van der Waals surface area contributed by atoms with Crippen LogP contribution in [0.15, 0.2) is 29.3 Å². The fourth-order valence-corrected chi connectivity index (χ4v) is 2.27. The van der Waals surface area contributed by atoms with Gasteiger partial charge in [0.05, 0.1) is 0 Å². The van der Waals surface area contributed by atoms with E-state index in [1.807, 2.05) is 0 Å². The van der Waals surface area contributed by atoms with Crippen LogP contribution in [0.1, 0.15) is 0 Å². The normalized spacial score (nSPS) is 24.9. The molecule has 18 heavy (non-hydrogen) atoms. The summed E-state index contributed by atoms with van der Waals surface area (Å²) in [5, 5.41) is 2.18. The lowest BCUT2D eigenvalue weighted by atomic mass is 10.3. The standard InChI is InChI=1S/C9H7Cl5N4/c10-6-1-3-7(4-2-6)15-9(12)16-8(11)17(13)5-18(9)14/h1-4,15H,5H2. The number of aliphatic imine (C=N–C) groups is 1. The maximum atomic E-state index is 6.25. The highest BCUT2D eigenvalue weighted by Gasteiger charge is 2.39. The third-order valence-electron chi connectivity index (χ3n) is 2.16. The number of amidine groups is 1. The average molecular weight is 348 g/mol. The molecule has 1 aromatic carbocycles. The zero-order valence-electron chi connectivity index (χ0n) is 8.75. The smallest absolute Gasteiger partial charge is 0.285 e. The lowest BCUT2D eigenvalue weighted by Gasteiger charge is -2.37. The van der Waals surface area contributed by atoms with Crippen LogP contribution >= 0.6 is 58.4 Å². The van der Waals surface area contributed by atoms with Crippen LogP contribution in [0.4, 0.5) is 5.69 Å². The van der Waals surface area contributed by atoms with Crippen molar-refractivity contribution < 1.29 is 0 Å². The van der Waals surface area contributed by atoms with Gasteiger partial charge in [-0.1, -0.05) is 23.2 Å². The molecule has 0 fully saturated rings. The molecule has 1 aliphatic heterocycles. The first-order valence-corrected chi connectivity index (χ1v) is 6.56. The molecule has 1 unspecified atom stereocenters. The van der Waals surface area contributed by atoms with Crippen LogP contribution in [-0.4, -0.2) is 26.0 Å². The molecule has 1 aliphatic rings. The number of rotatable bonds is 2. The zero-order valence-corrected chi connectivity index (χ0v) is 12.5. The van der Waals surface area contributed by atoms with E-state index in [-0.39, 0.29) is 12.0 Å². The van der Waals surface area contributed by atoms with E-state index in [2.05, 4.69) is 10.3 Å². The van der Waals surface area contributed by atoms with Crippen LogP contribution in [0, 0.1) is 0 Å². The van der Waals surface area contributed by atoms with Crippen molar-refractivity contribution in [2.45, 2.75) is 5.25 Å². The maximum absolute atomic E-state index is 6.25. The van der Waals surface area contributed by atoms with Crippen LogP contribution < -0.4 is 5.32 Å². The summed E-state index contributed by atoms with van der Waals surface area (Å²) in [6.07, 6.45) is 0. The zero-order chi connectivity index (χ0) is 13.3. The largest absolute Gasteiger partial charge is 0.334 e. The molecular weight excluding hydrogens is 341 g/mol. The van der Waals surface area contributed by atoms with Gasteiger partial charge in [0.15, 0.2) is 0 Å². The van der Waals surface area contributed by atoms with Crippen molar-refractivity contribution in [2.75, 3.05) is 12.0 Å². The molecule has 1 atom stereocenters. The van der Waals surface area contributed by atoms with E-state index in [1.54, 1.807) is 24.3 Å². The molecule has 2 rings (SSSR count). The summed E-state index contributed by atoms with van der Waals surface area (Å²) in [5.41, 5.74) is 0.691. The van der Waals surface area contributed by atoms with Gasteiger partial charge in [-0.2, -0.15) is 4.99 Å². The minimum Gasteiger partial charge on any atom is -0.334 e. The molecule has 0 spiro atoms. The molecule has 9 heteroatoms. The summed E-state index contributed by atoms with van der Waals surface area (Å²) in [5.74, 6) is 0. The minimum absolute atomic E-state index is 0.0463. The van der Waals surface area contributed by atoms with E-state index in [1.165, 1.54) is 4.42 Å². The highest BCUT2D eigenvalue weighted by Crippen LogP contribution is 2.32. The van der Waals surface area contributed by atoms with E-state index in [0.29, 0.717) is 10.7 Å². The van der Waals surface area contributed by atoms with Crippen molar-refractivity contribution in [2.24, 2.45) is 4.99 Å². The van der Waals surface area contributed by atoms with Crippen molar-refractivity contribution in [3.05, 3.63) is 29.3 Å². The molecule has 0 amide bonds. The summed E-state index contributed by atoms with van der Waals surface area (Å²) >= 11 is 29.6. The second kappa shape index (κ2) is 5.49. The van der Waals surface area contributed by atoms with Gasteiger partial charge in [-0.15, -0.1) is 4.42 Å². The van der Waals surface area contributed by atoms with Crippen molar-refractivity contribution >= 4 is 69.3 Å². The first kappa shape index (κ1) is 14.3. The molecular formula is C9H7Cl5N4. The summed E-state index contributed by atoms with van der Waals surface area (Å²) in [7, 11) is 0. The molecule has 0 bridgehead atoms. The van der Waals surface area contributed by atoms with Gasteiger partial charge in [-0.05, 0) is 47.6 Å². The third kappa shape index (κ3) is 3.07. The summed E-state index contributed by atoms with van der Waals surface area (Å²) in [6, 6.07) is 6.91. The molecule has 0 aliphatic carbocycles. The SMILES string of the molecule is ClC1=NC(Cl)(Nc2ccc(Cl)cc2)N(Cl)CN1Cl. The molecule has 1 aromatic rings. The number of hydrogen-bond donors (Lipinski definition) is 1. The number of halogens is 5. The molecule has 98 valence electrons. The predicted molar refractivity (Wildman–Crippen MR) is 77.2 cm³/mol. The molecule has 1 N–H and O–H groups in total. The maximum Gasteiger partial charge on any atom is 0.285 e. The minimum atomic E-state index is -1.40. The number of hydrogen-bond acceptors (Lipinski definition) is 4. The van der Waals surface area contributed by atoms with Crippen LogP contribution in [0.25, 0.3) is 0 Å². The molecule has 1 heterocycles. The van der Waals surface area contributed by atoms with Crippen LogP contribution in [0.3, 0.4) is 0 Å². The van der Waals surface area contributed by atoms with Gasteiger partial charge in [0, 0.05) is 22.5 Å². The van der Waals surface area contributed by atoms with Crippen molar-refractivity contribution in [3.63, 3.8) is 0 Å². The number of anilines is 1. The Hall–Kier alpha value is -0.100. The topological polar surface area (TPSA) is 30.9 Å². The van der Waals surface area contributed by atoms with Gasteiger partial charge in [0.2, 0.25) is 5.29 Å². The summed E-state index contributed by atoms with van der Waals surface area (Å²) < 4.78 is 2.32. The van der Waals surface area contributed by atoms with E-state index in [4.69, 9.17) is 58.4 Å². The first-order chi connectivity index (χ1) is 8.40. The Bertz CT molecular complexity index is 465. The van der Waals surface area contributed by atoms with Gasteiger partial charge in [-0.3, -0.25) is 0 Å². The number of nitrogens with zero attached hydrogens (tertiary/aromatic N) is 3. The second-order valence-corrected chi connectivity index (χ2v) is 5.58. The molecule has 0 radical (unpaired) electrons. The highest BCUT2D eigenvalue weighted by molar-refractivity contribution is 6.67. The van der Waals surface area contributed by atoms with E-state index < -0.39 is 5.25 Å². The summed E-state index contributed by atoms with van der Waals surface area (Å²) in [6.45, 7) is 0.107. The Morgan fingerprint density at radius 1 is 1.17 bits per heavy atom. The number of nitrogens with one attached hydrogen (secondary N) is 1. The summed E-state index contributed by atoms with van der Waals surface area (Å²) in [4.78, 5) is 3.99. The quantitative estimate of drug-likeness (QED) is 0.496. The van der Waals surface area contributed by atoms with E-state index in [9.17, 15) is 0 Å². The predicted octanol–water partition coefficient (Wildman–Crippen LogP) is 4.08. The van der Waals surface area contributed by atoms with Gasteiger partial charge in [0.25, 0.3) is 5.25 Å². The Morgan fingerprint density at radius 3 is 2.39 bits per heavy atom. The van der Waals surface area contributed by atoms with E-state index in [0.717, 1.165) is 4.42 Å². The highest BCUT2D eigenvalue weighted by atomic mass is 35.5. The Kier molecular flexibility index (Phi) is 4.36. The lowest BCUT2D eigenvalue weighted by Crippen LogP contribution is -2.51. The Morgan fingerprint density at radius 2 is 1.78 bits per heavy atom. The van der Waals surface area contributed by atoms with Crippen molar-refractivity contribution in [1.82, 2.24) is 8.84 Å². The number of benzene rings is 1. The monoisotopic (exact) mass is 346 g/mol. The second-order valence-electron chi connectivity index (χ2n) is 3.47. The molecule has 0 aromatic heterocycles. The van der Waals surface area contributed by atoms with Gasteiger partial charge in [0.1, 0.15) is 6.67 Å². The van der Waals surface area contributed by atoms with Crippen molar-refractivity contribution in [3.8, 4) is 0 Å². The van der Waals surface area contributed by atoms with Crippen LogP contribution in [0.5, 0.6) is 0 Å². The first-order valence-electron chi connectivity index (χ1n) is 4.75. The van der Waals surface area contributed by atoms with E-state index >= 15 is 0 Å². The molecule has 0 saturated carbocycles. The van der Waals surface area contributed by atoms with Crippen molar-refractivity contribution in [1.29, 1.82) is 0 Å². The third-order valence-corrected chi connectivity index (χ3v) is 3.87. The van der Waals surface area contributed by atoms with Gasteiger partial charge < -0.3 is 5.32 Å². The van der Waals surface area contributed by atoms with Crippen LogP contribution in [0.2, 0.25) is 5.02 Å². The molecule has 4 nitrogen and oxygen atoms in total. The Labute approximate surface area is 129 Å². The van der Waals surface area contributed by atoms with Gasteiger partial charge >= 0.3 is 0 Å². The average Bonchev–Trinajstić information content (AvgIpc) is 2.30. The number of alkyl halides is 1. The van der Waals surface area contributed by atoms with Crippen LogP contribution in [-0.2, 0) is 0 Å². The lowest BCUT2D eigenvalue weighted by molar-refractivity contribution is 0.266. The van der Waals surface area contributed by atoms with Gasteiger partial charge in [-0.25, -0.2) is 4.42 Å². The molecule has 0 saturated heterocycles.